The summed E-state index contributed by atoms with van der Waals surface area (Å²) in [7, 11) is 0. The summed E-state index contributed by atoms with van der Waals surface area (Å²) < 4.78 is 40.9. The Hall–Kier alpha value is -2.03. The molecule has 2 unspecified atom stereocenters. The van der Waals surface area contributed by atoms with Gasteiger partial charge in [-0.1, -0.05) is 18.2 Å². The first-order valence-corrected chi connectivity index (χ1v) is 4.83. The Kier molecular flexibility index (Phi) is 2.54. The van der Waals surface area contributed by atoms with Crippen molar-refractivity contribution in [1.82, 2.24) is 9.55 Å². The zero-order valence-electron chi connectivity index (χ0n) is 8.59. The van der Waals surface area contributed by atoms with Crippen molar-refractivity contribution in [3.8, 4) is 6.07 Å². The second kappa shape index (κ2) is 3.77. The summed E-state index contributed by atoms with van der Waals surface area (Å²) >= 11 is 0. The summed E-state index contributed by atoms with van der Waals surface area (Å²) in [5, 5.41) is 8.92. The minimum Gasteiger partial charge on any atom is -0.318 e. The fraction of sp³-hybridized carbons (Fsp3) is 0.273. The maximum Gasteiger partial charge on any atom is 0.417 e. The molecule has 3 nitrogen and oxygen atoms in total. The van der Waals surface area contributed by atoms with E-state index in [1.54, 1.807) is 6.07 Å². The van der Waals surface area contributed by atoms with Gasteiger partial charge < -0.3 is 4.57 Å². The van der Waals surface area contributed by atoms with Crippen LogP contribution in [0.4, 0.5) is 13.2 Å². The van der Waals surface area contributed by atoms with Crippen molar-refractivity contribution in [2.24, 2.45) is 5.92 Å². The van der Waals surface area contributed by atoms with E-state index < -0.39 is 17.6 Å². The van der Waals surface area contributed by atoms with Gasteiger partial charge in [0, 0.05) is 12.4 Å². The van der Waals surface area contributed by atoms with Crippen molar-refractivity contribution < 1.29 is 13.2 Å². The summed E-state index contributed by atoms with van der Waals surface area (Å²) in [5.74, 6) is -1.30. The van der Waals surface area contributed by atoms with Gasteiger partial charge in [-0.2, -0.15) is 18.4 Å². The number of nitrogens with zero attached hydrogens (tertiary/aromatic N) is 3. The van der Waals surface area contributed by atoms with Crippen LogP contribution < -0.4 is 0 Å². The number of imidazole rings is 1. The van der Waals surface area contributed by atoms with E-state index in [1.165, 1.54) is 30.6 Å². The van der Waals surface area contributed by atoms with Gasteiger partial charge in [-0.05, 0) is 6.08 Å². The number of aromatic nitrogens is 2. The molecule has 0 amide bonds. The maximum atomic E-state index is 13.3. The van der Waals surface area contributed by atoms with Gasteiger partial charge in [-0.3, -0.25) is 0 Å². The lowest BCUT2D eigenvalue weighted by atomic mass is 9.80. The molecule has 1 heterocycles. The summed E-state index contributed by atoms with van der Waals surface area (Å²) in [6, 6.07) is 1.68. The molecule has 0 saturated heterocycles. The number of hydrogen-bond donors (Lipinski definition) is 0. The fourth-order valence-corrected chi connectivity index (χ4v) is 1.91. The first-order chi connectivity index (χ1) is 8.02. The van der Waals surface area contributed by atoms with E-state index in [0.29, 0.717) is 0 Å². The third-order valence-electron chi connectivity index (χ3n) is 2.76. The topological polar surface area (TPSA) is 41.6 Å². The quantitative estimate of drug-likeness (QED) is 0.755. The fourth-order valence-electron chi connectivity index (χ4n) is 1.91. The van der Waals surface area contributed by atoms with E-state index in [0.717, 1.165) is 17.0 Å². The van der Waals surface area contributed by atoms with Crippen molar-refractivity contribution in [2.75, 3.05) is 0 Å². The van der Waals surface area contributed by atoms with E-state index in [-0.39, 0.29) is 0 Å². The molecule has 0 bridgehead atoms. The molecule has 1 aromatic rings. The van der Waals surface area contributed by atoms with Crippen molar-refractivity contribution in [3.05, 3.63) is 43.0 Å². The van der Waals surface area contributed by atoms with Crippen LogP contribution >= 0.6 is 0 Å². The zero-order valence-corrected chi connectivity index (χ0v) is 8.59. The molecule has 0 aromatic carbocycles. The Morgan fingerprint density at radius 2 is 2.12 bits per heavy atom. The number of halogens is 3. The first-order valence-electron chi connectivity index (χ1n) is 4.83. The average molecular weight is 239 g/mol. The number of alkyl halides is 3. The van der Waals surface area contributed by atoms with Crippen LogP contribution in [0, 0.1) is 17.2 Å². The Bertz CT molecular complexity index is 493. The molecule has 1 aliphatic carbocycles. The normalized spacial score (nSPS) is 28.0. The monoisotopic (exact) mass is 239 g/mol. The van der Waals surface area contributed by atoms with Crippen molar-refractivity contribution in [3.63, 3.8) is 0 Å². The molecular weight excluding hydrogens is 231 g/mol. The lowest BCUT2D eigenvalue weighted by molar-refractivity contribution is -0.205. The second-order valence-corrected chi connectivity index (χ2v) is 3.64. The molecule has 0 N–H and O–H groups in total. The maximum absolute atomic E-state index is 13.3. The van der Waals surface area contributed by atoms with E-state index in [2.05, 4.69) is 4.98 Å². The standard InChI is InChI=1S/C11H8F3N3/c12-11(13,14)10(17-6-5-16-8-17)4-2-1-3-9(10)7-15/h1-6,8-9H. The van der Waals surface area contributed by atoms with Crippen LogP contribution in [0.2, 0.25) is 0 Å². The Labute approximate surface area is 95.5 Å². The molecular formula is C11H8F3N3. The average Bonchev–Trinajstić information content (AvgIpc) is 2.80. The van der Waals surface area contributed by atoms with Crippen molar-refractivity contribution in [1.29, 1.82) is 5.26 Å². The second-order valence-electron chi connectivity index (χ2n) is 3.64. The van der Waals surface area contributed by atoms with Crippen LogP contribution in [-0.2, 0) is 5.54 Å². The van der Waals surface area contributed by atoms with E-state index in [4.69, 9.17) is 5.26 Å². The van der Waals surface area contributed by atoms with Crippen LogP contribution in [0.5, 0.6) is 0 Å². The molecule has 2 atom stereocenters. The SMILES string of the molecule is N#CC1C=CC=CC1(n1ccnc1)C(F)(F)F. The minimum absolute atomic E-state index is 0.918. The van der Waals surface area contributed by atoms with Crippen LogP contribution in [-0.4, -0.2) is 15.7 Å². The molecule has 0 saturated carbocycles. The van der Waals surface area contributed by atoms with E-state index in [1.807, 2.05) is 0 Å². The van der Waals surface area contributed by atoms with Crippen LogP contribution in [0.1, 0.15) is 0 Å². The largest absolute Gasteiger partial charge is 0.417 e. The lowest BCUT2D eigenvalue weighted by Crippen LogP contribution is -2.51. The van der Waals surface area contributed by atoms with Gasteiger partial charge in [-0.15, -0.1) is 0 Å². The molecule has 6 heteroatoms. The predicted molar refractivity (Wildman–Crippen MR) is 53.6 cm³/mol. The number of nitriles is 1. The highest BCUT2D eigenvalue weighted by Crippen LogP contribution is 2.45. The molecule has 88 valence electrons. The minimum atomic E-state index is -4.57. The molecule has 0 radical (unpaired) electrons. The third-order valence-corrected chi connectivity index (χ3v) is 2.76. The summed E-state index contributed by atoms with van der Waals surface area (Å²) in [6.45, 7) is 0. The van der Waals surface area contributed by atoms with Crippen LogP contribution in [0.25, 0.3) is 0 Å². The highest BCUT2D eigenvalue weighted by atomic mass is 19.4. The zero-order chi connectivity index (χ0) is 12.5. The number of allylic oxidation sites excluding steroid dienone is 4. The summed E-state index contributed by atoms with van der Waals surface area (Å²) in [4.78, 5) is 3.62. The van der Waals surface area contributed by atoms with Crippen molar-refractivity contribution >= 4 is 0 Å². The van der Waals surface area contributed by atoms with Gasteiger partial charge in [0.15, 0.2) is 5.54 Å². The molecule has 1 aromatic heterocycles. The molecule has 0 spiro atoms. The van der Waals surface area contributed by atoms with Gasteiger partial charge in [0.25, 0.3) is 0 Å². The number of hydrogen-bond acceptors (Lipinski definition) is 2. The molecule has 2 rings (SSSR count). The third kappa shape index (κ3) is 1.55. The smallest absolute Gasteiger partial charge is 0.318 e. The van der Waals surface area contributed by atoms with Gasteiger partial charge in [0.1, 0.15) is 5.92 Å². The van der Waals surface area contributed by atoms with E-state index in [9.17, 15) is 13.2 Å². The van der Waals surface area contributed by atoms with Gasteiger partial charge in [0.2, 0.25) is 0 Å². The highest BCUT2D eigenvalue weighted by molar-refractivity contribution is 5.30. The summed E-state index contributed by atoms with van der Waals surface area (Å²) in [5.41, 5.74) is -2.37. The first kappa shape index (κ1) is 11.5. The lowest BCUT2D eigenvalue weighted by Gasteiger charge is -2.37. The highest BCUT2D eigenvalue weighted by Gasteiger charge is 2.59. The van der Waals surface area contributed by atoms with Gasteiger partial charge in [0.05, 0.1) is 12.4 Å². The predicted octanol–water partition coefficient (Wildman–Crippen LogP) is 2.41. The number of rotatable bonds is 1. The van der Waals surface area contributed by atoms with Crippen LogP contribution in [0.15, 0.2) is 43.0 Å². The van der Waals surface area contributed by atoms with E-state index >= 15 is 0 Å². The molecule has 1 aliphatic rings. The Balaban J connectivity index is 2.64. The Morgan fingerprint density at radius 1 is 1.35 bits per heavy atom. The van der Waals surface area contributed by atoms with Crippen molar-refractivity contribution in [2.45, 2.75) is 11.7 Å². The van der Waals surface area contributed by atoms with Crippen LogP contribution in [0.3, 0.4) is 0 Å². The van der Waals surface area contributed by atoms with Gasteiger partial charge >= 0.3 is 6.18 Å². The summed E-state index contributed by atoms with van der Waals surface area (Å²) in [6.07, 6.45) is 3.93. The molecule has 17 heavy (non-hydrogen) atoms. The van der Waals surface area contributed by atoms with Gasteiger partial charge in [-0.25, -0.2) is 4.98 Å². The molecule has 0 aliphatic heterocycles. The Morgan fingerprint density at radius 3 is 2.65 bits per heavy atom. The molecule has 0 fully saturated rings.